The van der Waals surface area contributed by atoms with Crippen LogP contribution < -0.4 is 20.1 Å². The van der Waals surface area contributed by atoms with Crippen molar-refractivity contribution in [1.82, 2.24) is 20.1 Å². The van der Waals surface area contributed by atoms with Gasteiger partial charge in [-0.25, -0.2) is 4.39 Å². The lowest BCUT2D eigenvalue weighted by atomic mass is 10.2. The molecule has 0 radical (unpaired) electrons. The molecular formula is C22H24FN5O4S. The van der Waals surface area contributed by atoms with Gasteiger partial charge < -0.3 is 24.7 Å². The molecule has 0 saturated heterocycles. The highest BCUT2D eigenvalue weighted by Gasteiger charge is 2.16. The second-order valence-corrected chi connectivity index (χ2v) is 7.68. The fourth-order valence-corrected chi connectivity index (χ4v) is 3.79. The largest absolute Gasteiger partial charge is 0.493 e. The van der Waals surface area contributed by atoms with Crippen molar-refractivity contribution in [3.8, 4) is 11.5 Å². The van der Waals surface area contributed by atoms with E-state index in [2.05, 4.69) is 20.8 Å². The summed E-state index contributed by atoms with van der Waals surface area (Å²) in [6.45, 7) is 2.65. The average molecular weight is 474 g/mol. The highest BCUT2D eigenvalue weighted by atomic mass is 32.2. The summed E-state index contributed by atoms with van der Waals surface area (Å²) in [5.74, 6) is 0.740. The molecule has 0 aliphatic carbocycles. The van der Waals surface area contributed by atoms with Crippen molar-refractivity contribution in [3.63, 3.8) is 0 Å². The van der Waals surface area contributed by atoms with E-state index in [4.69, 9.17) is 9.47 Å². The predicted molar refractivity (Wildman–Crippen MR) is 122 cm³/mol. The molecule has 9 nitrogen and oxygen atoms in total. The van der Waals surface area contributed by atoms with Crippen LogP contribution in [0.4, 0.5) is 10.1 Å². The smallest absolute Gasteiger partial charge is 0.251 e. The van der Waals surface area contributed by atoms with Gasteiger partial charge in [0.1, 0.15) is 5.82 Å². The van der Waals surface area contributed by atoms with E-state index in [9.17, 15) is 14.0 Å². The minimum absolute atomic E-state index is 0.105. The number of rotatable bonds is 10. The topological polar surface area (TPSA) is 107 Å². The number of nitrogens with zero attached hydrogens (tertiary/aromatic N) is 3. The summed E-state index contributed by atoms with van der Waals surface area (Å²) in [5, 5.41) is 14.4. The average Bonchev–Trinajstić information content (AvgIpc) is 3.23. The maximum absolute atomic E-state index is 13.0. The molecular weight excluding hydrogens is 449 g/mol. The maximum atomic E-state index is 13.0. The van der Waals surface area contributed by atoms with E-state index in [1.165, 1.54) is 50.2 Å². The summed E-state index contributed by atoms with van der Waals surface area (Å²) in [6.07, 6.45) is 0. The lowest BCUT2D eigenvalue weighted by molar-refractivity contribution is -0.113. The number of nitrogens with one attached hydrogen (secondary N) is 2. The van der Waals surface area contributed by atoms with Gasteiger partial charge in [0.2, 0.25) is 5.91 Å². The molecule has 0 aliphatic heterocycles. The molecule has 1 heterocycles. The Bertz CT molecular complexity index is 1120. The van der Waals surface area contributed by atoms with E-state index in [0.717, 1.165) is 0 Å². The number of benzene rings is 2. The zero-order valence-electron chi connectivity index (χ0n) is 18.4. The van der Waals surface area contributed by atoms with E-state index < -0.39 is 0 Å². The van der Waals surface area contributed by atoms with Gasteiger partial charge in [0.15, 0.2) is 22.5 Å². The van der Waals surface area contributed by atoms with Crippen molar-refractivity contribution < 1.29 is 23.5 Å². The van der Waals surface area contributed by atoms with Crippen molar-refractivity contribution in [1.29, 1.82) is 0 Å². The number of carbonyl (C=O) groups is 2. The molecule has 0 unspecified atom stereocenters. The van der Waals surface area contributed by atoms with Crippen molar-refractivity contribution in [3.05, 3.63) is 59.7 Å². The van der Waals surface area contributed by atoms with Gasteiger partial charge in [0, 0.05) is 17.8 Å². The van der Waals surface area contributed by atoms with Crippen molar-refractivity contribution in [2.45, 2.75) is 25.2 Å². The van der Waals surface area contributed by atoms with Gasteiger partial charge >= 0.3 is 0 Å². The van der Waals surface area contributed by atoms with Crippen LogP contribution in [0.15, 0.2) is 47.6 Å². The normalized spacial score (nSPS) is 10.5. The molecule has 3 aromatic rings. The summed E-state index contributed by atoms with van der Waals surface area (Å²) in [4.78, 5) is 24.7. The second-order valence-electron chi connectivity index (χ2n) is 6.74. The summed E-state index contributed by atoms with van der Waals surface area (Å²) >= 11 is 1.22. The van der Waals surface area contributed by atoms with Crippen LogP contribution in [0.2, 0.25) is 0 Å². The molecule has 1 aromatic heterocycles. The van der Waals surface area contributed by atoms with Crippen LogP contribution in [0.5, 0.6) is 11.5 Å². The zero-order valence-corrected chi connectivity index (χ0v) is 19.2. The van der Waals surface area contributed by atoms with Gasteiger partial charge in [0.05, 0.1) is 26.5 Å². The minimum Gasteiger partial charge on any atom is -0.493 e. The predicted octanol–water partition coefficient (Wildman–Crippen LogP) is 3.12. The van der Waals surface area contributed by atoms with Gasteiger partial charge in [-0.3, -0.25) is 9.59 Å². The molecule has 2 aromatic carbocycles. The molecule has 0 atom stereocenters. The molecule has 0 bridgehead atoms. The van der Waals surface area contributed by atoms with Crippen LogP contribution in [0, 0.1) is 5.82 Å². The lowest BCUT2D eigenvalue weighted by Gasteiger charge is -2.11. The number of ether oxygens (including phenoxy) is 2. The first kappa shape index (κ1) is 24.1. The van der Waals surface area contributed by atoms with Crippen molar-refractivity contribution >= 4 is 29.3 Å². The summed E-state index contributed by atoms with van der Waals surface area (Å²) in [6, 6.07) is 10.4. The van der Waals surface area contributed by atoms with E-state index in [0.29, 0.717) is 40.3 Å². The molecule has 0 spiro atoms. The van der Waals surface area contributed by atoms with Crippen LogP contribution in [-0.2, 0) is 17.9 Å². The number of methoxy groups -OCH3 is 2. The fraction of sp³-hybridized carbons (Fsp3) is 0.273. The zero-order chi connectivity index (χ0) is 23.8. The van der Waals surface area contributed by atoms with Gasteiger partial charge in [0.25, 0.3) is 5.91 Å². The molecule has 2 amide bonds. The number of halogens is 1. The first-order chi connectivity index (χ1) is 15.9. The van der Waals surface area contributed by atoms with E-state index in [1.54, 1.807) is 18.2 Å². The molecule has 174 valence electrons. The van der Waals surface area contributed by atoms with Crippen LogP contribution in [0.1, 0.15) is 23.1 Å². The van der Waals surface area contributed by atoms with Crippen LogP contribution in [0.3, 0.4) is 0 Å². The van der Waals surface area contributed by atoms with E-state index in [-0.39, 0.29) is 29.9 Å². The maximum Gasteiger partial charge on any atom is 0.251 e. The number of carbonyl (C=O) groups excluding carboxylic acids is 2. The molecule has 33 heavy (non-hydrogen) atoms. The quantitative estimate of drug-likeness (QED) is 0.436. The lowest BCUT2D eigenvalue weighted by Crippen LogP contribution is -2.25. The van der Waals surface area contributed by atoms with Crippen molar-refractivity contribution in [2.24, 2.45) is 0 Å². The Morgan fingerprint density at radius 1 is 1.06 bits per heavy atom. The minimum atomic E-state index is -0.371. The van der Waals surface area contributed by atoms with Gasteiger partial charge in [-0.1, -0.05) is 11.8 Å². The SMILES string of the molecule is CCn1c(CNC(=O)c2ccc(OC)c(OC)c2)nnc1SCC(=O)Nc1ccc(F)cc1. The number of anilines is 1. The highest BCUT2D eigenvalue weighted by Crippen LogP contribution is 2.27. The Hall–Kier alpha value is -3.60. The standard InChI is InChI=1S/C22H24FN5O4S/c1-4-28-19(12-24-21(30)14-5-10-17(31-2)18(11-14)32-3)26-27-22(28)33-13-20(29)25-16-8-6-15(23)7-9-16/h5-11H,4,12-13H2,1-3H3,(H,24,30)(H,25,29). The number of amides is 2. The van der Waals surface area contributed by atoms with Gasteiger partial charge in [-0.15, -0.1) is 10.2 Å². The molecule has 0 fully saturated rings. The molecule has 3 rings (SSSR count). The monoisotopic (exact) mass is 473 g/mol. The highest BCUT2D eigenvalue weighted by molar-refractivity contribution is 7.99. The first-order valence-corrected chi connectivity index (χ1v) is 11.0. The summed E-state index contributed by atoms with van der Waals surface area (Å²) in [5.41, 5.74) is 0.930. The van der Waals surface area contributed by atoms with Crippen molar-refractivity contribution in [2.75, 3.05) is 25.3 Å². The van der Waals surface area contributed by atoms with E-state index >= 15 is 0 Å². The molecule has 0 saturated carbocycles. The number of thioether (sulfide) groups is 1. The van der Waals surface area contributed by atoms with Crippen LogP contribution in [-0.4, -0.2) is 46.6 Å². The molecule has 2 N–H and O–H groups in total. The third-order valence-corrected chi connectivity index (χ3v) is 5.59. The van der Waals surface area contributed by atoms with Gasteiger partial charge in [-0.2, -0.15) is 0 Å². The third-order valence-electron chi connectivity index (χ3n) is 4.62. The Morgan fingerprint density at radius 2 is 1.79 bits per heavy atom. The number of hydrogen-bond donors (Lipinski definition) is 2. The first-order valence-electron chi connectivity index (χ1n) is 10.1. The summed E-state index contributed by atoms with van der Waals surface area (Å²) in [7, 11) is 3.03. The summed E-state index contributed by atoms with van der Waals surface area (Å²) < 4.78 is 25.2. The van der Waals surface area contributed by atoms with Crippen LogP contribution >= 0.6 is 11.8 Å². The molecule has 0 aliphatic rings. The van der Waals surface area contributed by atoms with Crippen LogP contribution in [0.25, 0.3) is 0 Å². The molecule has 11 heteroatoms. The second kappa shape index (κ2) is 11.3. The Morgan fingerprint density at radius 3 is 2.45 bits per heavy atom. The Balaban J connectivity index is 1.58. The number of hydrogen-bond acceptors (Lipinski definition) is 7. The third kappa shape index (κ3) is 6.22. The number of aromatic nitrogens is 3. The van der Waals surface area contributed by atoms with E-state index in [1.807, 2.05) is 11.5 Å². The van der Waals surface area contributed by atoms with Gasteiger partial charge in [-0.05, 0) is 49.4 Å². The Kier molecular flexibility index (Phi) is 8.25. The Labute approximate surface area is 194 Å². The fourth-order valence-electron chi connectivity index (χ4n) is 2.97.